The zero-order valence-electron chi connectivity index (χ0n) is 27.3. The van der Waals surface area contributed by atoms with Crippen LogP contribution < -0.4 is 15.8 Å². The molecule has 4 aliphatic rings. The molecule has 1 spiro atoms. The Hall–Kier alpha value is -3.97. The van der Waals surface area contributed by atoms with E-state index >= 15 is 0 Å². The summed E-state index contributed by atoms with van der Waals surface area (Å²) in [6, 6.07) is 5.19. The van der Waals surface area contributed by atoms with Crippen LogP contribution in [0, 0.1) is 0 Å². The van der Waals surface area contributed by atoms with E-state index < -0.39 is 29.7 Å². The molecule has 10 nitrogen and oxygen atoms in total. The van der Waals surface area contributed by atoms with Gasteiger partial charge in [-0.05, 0) is 82.5 Å². The predicted octanol–water partition coefficient (Wildman–Crippen LogP) is 5.42. The van der Waals surface area contributed by atoms with E-state index in [-0.39, 0.29) is 19.0 Å². The van der Waals surface area contributed by atoms with Crippen LogP contribution in [0.3, 0.4) is 0 Å². The van der Waals surface area contributed by atoms with Gasteiger partial charge in [-0.15, -0.1) is 0 Å². The van der Waals surface area contributed by atoms with E-state index in [1.54, 1.807) is 10.9 Å². The molecular weight excluding hydrogens is 621 g/mol. The van der Waals surface area contributed by atoms with Crippen molar-refractivity contribution in [1.29, 1.82) is 0 Å². The zero-order valence-corrected chi connectivity index (χ0v) is 27.3. The van der Waals surface area contributed by atoms with Crippen molar-refractivity contribution in [2.75, 3.05) is 32.4 Å². The number of ether oxygens (including phenoxy) is 1. The molecule has 5 heterocycles. The van der Waals surface area contributed by atoms with Gasteiger partial charge in [-0.3, -0.25) is 14.6 Å². The number of nitrogens with two attached hydrogens (primary N) is 1. The average Bonchev–Trinajstić information content (AvgIpc) is 3.83. The number of nitrogen functional groups attached to an aromatic ring is 1. The molecule has 3 aromatic heterocycles. The highest BCUT2D eigenvalue weighted by Gasteiger charge is 2.49. The Labute approximate surface area is 276 Å². The molecule has 13 heteroatoms. The van der Waals surface area contributed by atoms with Crippen molar-refractivity contribution in [1.82, 2.24) is 30.1 Å². The number of alkyl halides is 3. The van der Waals surface area contributed by atoms with E-state index in [2.05, 4.69) is 33.3 Å². The van der Waals surface area contributed by atoms with E-state index in [1.807, 2.05) is 31.0 Å². The van der Waals surface area contributed by atoms with E-state index in [0.717, 1.165) is 49.0 Å². The molecule has 3 N–H and O–H groups in total. The number of piperidine rings is 1. The zero-order chi connectivity index (χ0) is 33.4. The number of hydrogen-bond donors (Lipinski definition) is 2. The summed E-state index contributed by atoms with van der Waals surface area (Å²) in [6.07, 6.45) is 4.65. The summed E-state index contributed by atoms with van der Waals surface area (Å²) in [5.74, 6) is -1.73. The lowest BCUT2D eigenvalue weighted by Crippen LogP contribution is -2.44. The van der Waals surface area contributed by atoms with Crippen LogP contribution in [0.25, 0.3) is 22.3 Å². The molecule has 1 aromatic carbocycles. The maximum atomic E-state index is 14.6. The fourth-order valence-corrected chi connectivity index (χ4v) is 8.91. The van der Waals surface area contributed by atoms with Crippen molar-refractivity contribution in [3.8, 4) is 17.3 Å². The number of likely N-dealkylation sites (N-methyl/N-ethyl adjacent to an activating group) is 1. The smallest absolute Gasteiger partial charge is 0.262 e. The number of aliphatic imine (C=N–C) groups is 1. The van der Waals surface area contributed by atoms with Gasteiger partial charge in [0.1, 0.15) is 18.0 Å². The van der Waals surface area contributed by atoms with Crippen LogP contribution in [0.4, 0.5) is 18.9 Å². The number of rotatable bonds is 7. The van der Waals surface area contributed by atoms with Crippen LogP contribution in [-0.2, 0) is 24.8 Å². The van der Waals surface area contributed by atoms with Gasteiger partial charge in [-0.25, -0.2) is 18.2 Å². The van der Waals surface area contributed by atoms with Crippen LogP contribution in [0.15, 0.2) is 33.9 Å². The van der Waals surface area contributed by atoms with Gasteiger partial charge in [-0.2, -0.15) is 5.10 Å². The SMILES string of the molecule is C=NCc1c(N)ccc2c1C1(CCCc3c(-c4cc5c(cnn5C5CNCC(F)(F)C5)c(OC(C)C5CC(F)CN5C)n4)noc31)CC2. The minimum Gasteiger partial charge on any atom is -0.472 e. The largest absolute Gasteiger partial charge is 0.472 e. The molecule has 2 fully saturated rings. The molecule has 2 saturated heterocycles. The summed E-state index contributed by atoms with van der Waals surface area (Å²) >= 11 is 0. The highest BCUT2D eigenvalue weighted by molar-refractivity contribution is 5.87. The lowest BCUT2D eigenvalue weighted by atomic mass is 9.68. The first kappa shape index (κ1) is 31.3. The first-order valence-corrected chi connectivity index (χ1v) is 16.9. The van der Waals surface area contributed by atoms with Gasteiger partial charge >= 0.3 is 0 Å². The second kappa shape index (κ2) is 11.6. The predicted molar refractivity (Wildman–Crippen MR) is 177 cm³/mol. The molecule has 0 bridgehead atoms. The monoisotopic (exact) mass is 662 g/mol. The Balaban J connectivity index is 1.25. The summed E-state index contributed by atoms with van der Waals surface area (Å²) in [6.45, 7) is 6.40. The molecule has 0 saturated carbocycles. The quantitative estimate of drug-likeness (QED) is 0.199. The summed E-state index contributed by atoms with van der Waals surface area (Å²) in [5.41, 5.74) is 12.9. The average molecular weight is 663 g/mol. The third-order valence-electron chi connectivity index (χ3n) is 11.1. The Bertz CT molecular complexity index is 1890. The molecule has 5 atom stereocenters. The van der Waals surface area contributed by atoms with Crippen molar-refractivity contribution in [2.24, 2.45) is 4.99 Å². The van der Waals surface area contributed by atoms with Crippen molar-refractivity contribution < 1.29 is 22.4 Å². The van der Waals surface area contributed by atoms with Crippen molar-refractivity contribution >= 4 is 23.3 Å². The number of hydrogen-bond acceptors (Lipinski definition) is 9. The third kappa shape index (κ3) is 4.99. The lowest BCUT2D eigenvalue weighted by molar-refractivity contribution is -0.0375. The van der Waals surface area contributed by atoms with Crippen molar-refractivity contribution in [3.05, 3.63) is 52.4 Å². The standard InChI is InChI=1S/C35H41F3N8O2/c1-19(28-11-21(36)17-45(28)3)47-33-25-16-42-46(22-13-35(37,38)18-41-14-22)29(25)12-27(43-33)31-23-5-4-9-34(32(23)48-44-31)10-8-20-6-7-26(39)24(15-40-2)30(20)34/h6-7,12,16,19,21-22,28,41H,2,4-5,8-11,13-15,17-18,39H2,1,3H3. The van der Waals surface area contributed by atoms with E-state index in [0.29, 0.717) is 59.9 Å². The van der Waals surface area contributed by atoms with E-state index in [4.69, 9.17) is 20.0 Å². The van der Waals surface area contributed by atoms with Gasteiger partial charge in [0.15, 0.2) is 5.76 Å². The van der Waals surface area contributed by atoms with E-state index in [9.17, 15) is 13.2 Å². The first-order valence-electron chi connectivity index (χ1n) is 16.9. The number of benzene rings is 1. The summed E-state index contributed by atoms with van der Waals surface area (Å²) in [5, 5.41) is 12.7. The van der Waals surface area contributed by atoms with E-state index in [1.165, 1.54) is 11.1 Å². The van der Waals surface area contributed by atoms with Gasteiger partial charge in [0.2, 0.25) is 5.88 Å². The molecule has 254 valence electrons. The Morgan fingerprint density at radius 2 is 2.12 bits per heavy atom. The number of likely N-dealkylation sites (tertiary alicyclic amines) is 1. The highest BCUT2D eigenvalue weighted by atomic mass is 19.3. The van der Waals surface area contributed by atoms with Crippen LogP contribution in [0.5, 0.6) is 5.88 Å². The molecule has 48 heavy (non-hydrogen) atoms. The third-order valence-corrected chi connectivity index (χ3v) is 11.1. The highest BCUT2D eigenvalue weighted by Crippen LogP contribution is 2.54. The van der Waals surface area contributed by atoms with Gasteiger partial charge in [0, 0.05) is 42.4 Å². The number of halogens is 3. The number of nitrogens with zero attached hydrogens (tertiary/aromatic N) is 6. The number of fused-ring (bicyclic) bond motifs is 5. The molecule has 2 aliphatic carbocycles. The number of nitrogens with one attached hydrogen (secondary N) is 1. The fourth-order valence-electron chi connectivity index (χ4n) is 8.91. The van der Waals surface area contributed by atoms with Crippen LogP contribution in [0.1, 0.15) is 73.1 Å². The second-order valence-electron chi connectivity index (χ2n) is 14.2. The number of anilines is 1. The second-order valence-corrected chi connectivity index (χ2v) is 14.2. The van der Waals surface area contributed by atoms with Crippen LogP contribution >= 0.6 is 0 Å². The first-order chi connectivity index (χ1) is 23.1. The molecule has 2 aliphatic heterocycles. The Kier molecular flexibility index (Phi) is 7.55. The molecular formula is C35H41F3N8O2. The Morgan fingerprint density at radius 3 is 2.90 bits per heavy atom. The molecule has 0 radical (unpaired) electrons. The Morgan fingerprint density at radius 1 is 1.27 bits per heavy atom. The normalized spacial score (nSPS) is 27.3. The molecule has 0 amide bonds. The topological polar surface area (TPSA) is 120 Å². The number of aryl methyl sites for hydroxylation is 1. The minimum absolute atomic E-state index is 0.148. The number of pyridine rings is 1. The fraction of sp³-hybridized carbons (Fsp3) is 0.543. The maximum absolute atomic E-state index is 14.6. The van der Waals surface area contributed by atoms with Gasteiger partial charge in [0.05, 0.1) is 47.3 Å². The number of aromatic nitrogens is 4. The minimum atomic E-state index is -2.86. The van der Waals surface area contributed by atoms with Gasteiger partial charge < -0.3 is 20.3 Å². The van der Waals surface area contributed by atoms with Gasteiger partial charge in [0.25, 0.3) is 5.92 Å². The summed E-state index contributed by atoms with van der Waals surface area (Å²) in [4.78, 5) is 11.2. The lowest BCUT2D eigenvalue weighted by Gasteiger charge is -2.34. The van der Waals surface area contributed by atoms with Crippen molar-refractivity contribution in [3.63, 3.8) is 0 Å². The van der Waals surface area contributed by atoms with Crippen LogP contribution in [-0.4, -0.2) is 82.5 Å². The molecule has 5 unspecified atom stereocenters. The molecule has 4 aromatic rings. The summed E-state index contributed by atoms with van der Waals surface area (Å²) < 4.78 is 58.0. The van der Waals surface area contributed by atoms with Gasteiger partial charge in [-0.1, -0.05) is 11.2 Å². The van der Waals surface area contributed by atoms with Crippen LogP contribution in [0.2, 0.25) is 0 Å². The molecule has 8 rings (SSSR count). The maximum Gasteiger partial charge on any atom is 0.262 e. The van der Waals surface area contributed by atoms with Crippen molar-refractivity contribution in [2.45, 2.75) is 94.1 Å². The summed E-state index contributed by atoms with van der Waals surface area (Å²) in [7, 11) is 1.89.